The molecule has 0 N–H and O–H groups in total. The van der Waals surface area contributed by atoms with Crippen molar-refractivity contribution in [3.8, 4) is 45.3 Å². The SMILES string of the molecule is c1ccc(-c2cc(-c3ccc4c(c3)c3ccccc3c3c4ccc4sc5ccccc5c43)nc(-c3cc(-n4c5ccccc5c5ccccc54)cc(-n4c5ccccc5c5ccccc54)c3)n2)cc1. The fourth-order valence-corrected chi connectivity index (χ4v) is 12.4. The highest BCUT2D eigenvalue weighted by Gasteiger charge is 2.21. The summed E-state index contributed by atoms with van der Waals surface area (Å²) in [5.41, 5.74) is 11.4. The maximum Gasteiger partial charge on any atom is 0.160 e. The van der Waals surface area contributed by atoms with Gasteiger partial charge in [-0.1, -0.05) is 164 Å². The van der Waals surface area contributed by atoms with E-state index in [-0.39, 0.29) is 0 Å². The molecular formula is C64H38N4S. The van der Waals surface area contributed by atoms with Crippen molar-refractivity contribution in [2.75, 3.05) is 0 Å². The first-order valence-electron chi connectivity index (χ1n) is 23.5. The van der Waals surface area contributed by atoms with E-state index in [9.17, 15) is 0 Å². The summed E-state index contributed by atoms with van der Waals surface area (Å²) in [5.74, 6) is 0.659. The van der Waals surface area contributed by atoms with E-state index in [1.54, 1.807) is 0 Å². The largest absolute Gasteiger partial charge is 0.309 e. The molecular weight excluding hydrogens is 857 g/mol. The summed E-state index contributed by atoms with van der Waals surface area (Å²) >= 11 is 1.87. The summed E-state index contributed by atoms with van der Waals surface area (Å²) in [4.78, 5) is 11.0. The summed E-state index contributed by atoms with van der Waals surface area (Å²) in [7, 11) is 0. The Morgan fingerprint density at radius 3 is 1.35 bits per heavy atom. The first kappa shape index (κ1) is 38.2. The van der Waals surface area contributed by atoms with Gasteiger partial charge in [0.1, 0.15) is 0 Å². The van der Waals surface area contributed by atoms with E-state index in [4.69, 9.17) is 9.97 Å². The lowest BCUT2D eigenvalue weighted by Crippen LogP contribution is -2.02. The van der Waals surface area contributed by atoms with E-state index in [1.165, 1.54) is 74.0 Å². The smallest absolute Gasteiger partial charge is 0.160 e. The number of hydrogen-bond acceptors (Lipinski definition) is 3. The van der Waals surface area contributed by atoms with Crippen molar-refractivity contribution in [3.63, 3.8) is 0 Å². The molecule has 0 unspecified atom stereocenters. The number of rotatable bonds is 5. The van der Waals surface area contributed by atoms with Crippen molar-refractivity contribution in [1.29, 1.82) is 0 Å². The maximum atomic E-state index is 5.58. The van der Waals surface area contributed by atoms with E-state index >= 15 is 0 Å². The minimum Gasteiger partial charge on any atom is -0.309 e. The molecule has 4 aromatic heterocycles. The van der Waals surface area contributed by atoms with Crippen LogP contribution in [0.5, 0.6) is 0 Å². The highest BCUT2D eigenvalue weighted by Crippen LogP contribution is 2.45. The Kier molecular flexibility index (Phi) is 8.20. The van der Waals surface area contributed by atoms with Gasteiger partial charge in [-0.25, -0.2) is 9.97 Å². The van der Waals surface area contributed by atoms with Crippen LogP contribution >= 0.6 is 11.3 Å². The van der Waals surface area contributed by atoms with Gasteiger partial charge in [-0.05, 0) is 99.0 Å². The molecule has 11 aromatic carbocycles. The molecule has 15 rings (SSSR count). The topological polar surface area (TPSA) is 35.6 Å². The van der Waals surface area contributed by atoms with Crippen LogP contribution in [-0.4, -0.2) is 19.1 Å². The molecule has 0 amide bonds. The molecule has 0 atom stereocenters. The highest BCUT2D eigenvalue weighted by atomic mass is 32.1. The summed E-state index contributed by atoms with van der Waals surface area (Å²) in [6.45, 7) is 0. The van der Waals surface area contributed by atoms with Crippen molar-refractivity contribution in [3.05, 3.63) is 231 Å². The van der Waals surface area contributed by atoms with Crippen molar-refractivity contribution < 1.29 is 0 Å². The van der Waals surface area contributed by atoms with Crippen molar-refractivity contribution in [1.82, 2.24) is 19.1 Å². The molecule has 15 aromatic rings. The van der Waals surface area contributed by atoms with Crippen LogP contribution in [0, 0.1) is 0 Å². The number of thiophene rings is 1. The first-order valence-corrected chi connectivity index (χ1v) is 24.3. The number of aromatic nitrogens is 4. The Hall–Kier alpha value is -8.90. The number of hydrogen-bond donors (Lipinski definition) is 0. The lowest BCUT2D eigenvalue weighted by atomic mass is 9.90. The van der Waals surface area contributed by atoms with Crippen LogP contribution in [0.25, 0.3) is 141 Å². The van der Waals surface area contributed by atoms with Crippen molar-refractivity contribution >= 4 is 107 Å². The van der Waals surface area contributed by atoms with Gasteiger partial charge in [-0.3, -0.25) is 0 Å². The molecule has 0 fully saturated rings. The van der Waals surface area contributed by atoms with Gasteiger partial charge in [-0.2, -0.15) is 0 Å². The molecule has 0 saturated heterocycles. The summed E-state index contributed by atoms with van der Waals surface area (Å²) in [5, 5.41) is 15.0. The Bertz CT molecular complexity index is 4350. The standard InChI is InChI=1S/C64H38N4S/c1-2-16-39(17-3-1)54-38-55(40-30-31-45-51-32-33-61-63(52-24-10-15-29-60(52)69-61)62(51)50-23-5-4-18-44(50)53(45)36-40)66-64(65-54)41-34-42(67-56-25-11-6-19-46(56)47-20-7-12-26-57(47)67)37-43(35-41)68-58-27-13-8-21-48(58)49-22-9-14-28-59(49)68/h1-38H. The second-order valence-corrected chi connectivity index (χ2v) is 19.2. The molecule has 0 aliphatic carbocycles. The predicted octanol–water partition coefficient (Wildman–Crippen LogP) is 17.5. The highest BCUT2D eigenvalue weighted by molar-refractivity contribution is 7.26. The van der Waals surface area contributed by atoms with Crippen molar-refractivity contribution in [2.45, 2.75) is 0 Å². The zero-order valence-corrected chi connectivity index (χ0v) is 38.0. The molecule has 5 heteroatoms. The van der Waals surface area contributed by atoms with E-state index in [0.29, 0.717) is 5.82 Å². The Labute approximate surface area is 400 Å². The van der Waals surface area contributed by atoms with Crippen LogP contribution in [0.15, 0.2) is 231 Å². The zero-order valence-electron chi connectivity index (χ0n) is 37.1. The quantitative estimate of drug-likeness (QED) is 0.161. The van der Waals surface area contributed by atoms with Crippen LogP contribution < -0.4 is 0 Å². The molecule has 4 heterocycles. The number of fused-ring (bicyclic) bond motifs is 16. The lowest BCUT2D eigenvalue weighted by Gasteiger charge is -2.16. The number of para-hydroxylation sites is 4. The minimum absolute atomic E-state index is 0.659. The van der Waals surface area contributed by atoms with Crippen LogP contribution in [0.3, 0.4) is 0 Å². The van der Waals surface area contributed by atoms with Gasteiger partial charge >= 0.3 is 0 Å². The average Bonchev–Trinajstić information content (AvgIpc) is 4.09. The van der Waals surface area contributed by atoms with E-state index in [2.05, 4.69) is 240 Å². The summed E-state index contributed by atoms with van der Waals surface area (Å²) in [6.07, 6.45) is 0. The lowest BCUT2D eigenvalue weighted by molar-refractivity contribution is 1.12. The third kappa shape index (κ3) is 5.75. The van der Waals surface area contributed by atoms with E-state index in [1.807, 2.05) is 11.3 Å². The third-order valence-electron chi connectivity index (χ3n) is 14.3. The molecule has 0 spiro atoms. The third-order valence-corrected chi connectivity index (χ3v) is 15.4. The normalized spacial score (nSPS) is 12.1. The van der Waals surface area contributed by atoms with Gasteiger partial charge in [0, 0.05) is 69.8 Å². The fourth-order valence-electron chi connectivity index (χ4n) is 11.3. The average molecular weight is 895 g/mol. The zero-order chi connectivity index (χ0) is 45.2. The van der Waals surface area contributed by atoms with Crippen LogP contribution in [0.4, 0.5) is 0 Å². The summed E-state index contributed by atoms with van der Waals surface area (Å²) < 4.78 is 7.43. The number of nitrogens with zero attached hydrogens (tertiary/aromatic N) is 4. The van der Waals surface area contributed by atoms with Gasteiger partial charge in [0.15, 0.2) is 5.82 Å². The monoisotopic (exact) mass is 894 g/mol. The second kappa shape index (κ2) is 14.8. The molecule has 0 radical (unpaired) electrons. The Morgan fingerprint density at radius 1 is 0.275 bits per heavy atom. The first-order chi connectivity index (χ1) is 34.2. The van der Waals surface area contributed by atoms with Crippen LogP contribution in [0.2, 0.25) is 0 Å². The Morgan fingerprint density at radius 2 is 0.739 bits per heavy atom. The molecule has 0 bridgehead atoms. The minimum atomic E-state index is 0.659. The van der Waals surface area contributed by atoms with E-state index in [0.717, 1.165) is 61.5 Å². The van der Waals surface area contributed by atoms with Crippen LogP contribution in [0.1, 0.15) is 0 Å². The molecule has 0 saturated carbocycles. The Balaban J connectivity index is 1.00. The van der Waals surface area contributed by atoms with Gasteiger partial charge in [0.2, 0.25) is 0 Å². The molecule has 69 heavy (non-hydrogen) atoms. The van der Waals surface area contributed by atoms with Gasteiger partial charge in [0.25, 0.3) is 0 Å². The second-order valence-electron chi connectivity index (χ2n) is 18.1. The molecule has 0 aliphatic rings. The van der Waals surface area contributed by atoms with Crippen molar-refractivity contribution in [2.24, 2.45) is 0 Å². The molecule has 320 valence electrons. The van der Waals surface area contributed by atoms with Gasteiger partial charge in [0.05, 0.1) is 33.5 Å². The predicted molar refractivity (Wildman–Crippen MR) is 292 cm³/mol. The van der Waals surface area contributed by atoms with Gasteiger partial charge < -0.3 is 9.13 Å². The maximum absolute atomic E-state index is 5.58. The van der Waals surface area contributed by atoms with Gasteiger partial charge in [-0.15, -0.1) is 11.3 Å². The molecule has 0 aliphatic heterocycles. The van der Waals surface area contributed by atoms with Crippen LogP contribution in [-0.2, 0) is 0 Å². The number of benzene rings is 11. The summed E-state index contributed by atoms with van der Waals surface area (Å²) in [6, 6.07) is 83.7. The fraction of sp³-hybridized carbons (Fsp3) is 0. The molecule has 4 nitrogen and oxygen atoms in total. The van der Waals surface area contributed by atoms with E-state index < -0.39 is 0 Å².